The van der Waals surface area contributed by atoms with Crippen LogP contribution in [-0.4, -0.2) is 43.7 Å². The molecule has 0 aliphatic heterocycles. The average Bonchev–Trinajstić information content (AvgIpc) is 3.87. The third kappa shape index (κ3) is 6.57. The summed E-state index contributed by atoms with van der Waals surface area (Å²) in [4.78, 5) is 30.3. The van der Waals surface area contributed by atoms with E-state index in [9.17, 15) is 31.5 Å². The van der Waals surface area contributed by atoms with Crippen molar-refractivity contribution in [2.75, 3.05) is 0 Å². The van der Waals surface area contributed by atoms with Crippen LogP contribution >= 0.6 is 0 Å². The van der Waals surface area contributed by atoms with Crippen molar-refractivity contribution in [1.82, 2.24) is 30.4 Å². The van der Waals surface area contributed by atoms with Gasteiger partial charge in [-0.2, -0.15) is 18.3 Å². The first-order valence-corrected chi connectivity index (χ1v) is 14.3. The lowest BCUT2D eigenvalue weighted by molar-refractivity contribution is -0.144. The summed E-state index contributed by atoms with van der Waals surface area (Å²) < 4.78 is 72.4. The monoisotopic (exact) mass is 594 g/mol. The van der Waals surface area contributed by atoms with E-state index < -0.39 is 48.8 Å². The SMILES string of the molecule is O=C(CCC(F)(F)F)NC(c1cnn2cc([C@@H](NC(=O)c3conc3C3CC3)C3CCC(F)(F)CC3)nc2c1)C1CC1. The number of carbonyl (C=O) groups excluding carboxylic acids is 2. The van der Waals surface area contributed by atoms with Gasteiger partial charge in [0.25, 0.3) is 5.91 Å². The fraction of sp³-hybridized carbons (Fsp3) is 0.607. The number of nitrogens with one attached hydrogen (secondary N) is 2. The number of alkyl halides is 5. The second-order valence-electron chi connectivity index (χ2n) is 11.8. The molecule has 3 fully saturated rings. The molecule has 2 N–H and O–H groups in total. The van der Waals surface area contributed by atoms with Crippen LogP contribution in [0.1, 0.15) is 110 Å². The minimum absolute atomic E-state index is 0.0821. The predicted molar refractivity (Wildman–Crippen MR) is 137 cm³/mol. The van der Waals surface area contributed by atoms with Gasteiger partial charge in [-0.15, -0.1) is 0 Å². The van der Waals surface area contributed by atoms with Gasteiger partial charge < -0.3 is 15.2 Å². The molecule has 3 saturated carbocycles. The lowest BCUT2D eigenvalue weighted by atomic mass is 9.81. The summed E-state index contributed by atoms with van der Waals surface area (Å²) >= 11 is 0. The van der Waals surface area contributed by atoms with Gasteiger partial charge in [0, 0.05) is 25.2 Å². The van der Waals surface area contributed by atoms with E-state index in [0.717, 1.165) is 25.7 Å². The summed E-state index contributed by atoms with van der Waals surface area (Å²) in [5, 5.41) is 14.1. The highest BCUT2D eigenvalue weighted by Crippen LogP contribution is 2.44. The Labute approximate surface area is 237 Å². The smallest absolute Gasteiger partial charge is 0.364 e. The van der Waals surface area contributed by atoms with E-state index in [4.69, 9.17) is 9.51 Å². The van der Waals surface area contributed by atoms with E-state index in [2.05, 4.69) is 20.9 Å². The zero-order valence-corrected chi connectivity index (χ0v) is 22.7. The maximum absolute atomic E-state index is 14.0. The quantitative estimate of drug-likeness (QED) is 0.287. The van der Waals surface area contributed by atoms with Crippen molar-refractivity contribution in [3.63, 3.8) is 0 Å². The van der Waals surface area contributed by atoms with Crippen LogP contribution in [0.15, 0.2) is 29.2 Å². The van der Waals surface area contributed by atoms with Gasteiger partial charge in [-0.1, -0.05) is 5.16 Å². The van der Waals surface area contributed by atoms with Crippen LogP contribution < -0.4 is 10.6 Å². The summed E-state index contributed by atoms with van der Waals surface area (Å²) in [5.74, 6) is -3.91. The molecule has 3 aromatic rings. The number of imidazole rings is 1. The normalized spacial score (nSPS) is 20.8. The Kier molecular flexibility index (Phi) is 7.42. The predicted octanol–water partition coefficient (Wildman–Crippen LogP) is 5.80. The van der Waals surface area contributed by atoms with Crippen LogP contribution in [0, 0.1) is 11.8 Å². The van der Waals surface area contributed by atoms with Crippen LogP contribution in [-0.2, 0) is 4.79 Å². The van der Waals surface area contributed by atoms with Gasteiger partial charge in [0.05, 0.1) is 42.3 Å². The van der Waals surface area contributed by atoms with E-state index in [1.165, 1.54) is 10.8 Å². The highest BCUT2D eigenvalue weighted by atomic mass is 19.4. The third-order valence-electron chi connectivity index (χ3n) is 8.41. The van der Waals surface area contributed by atoms with Gasteiger partial charge in [-0.25, -0.2) is 18.3 Å². The van der Waals surface area contributed by atoms with Gasteiger partial charge in [-0.3, -0.25) is 9.59 Å². The molecule has 9 nitrogen and oxygen atoms in total. The highest BCUT2D eigenvalue weighted by molar-refractivity contribution is 5.95. The molecule has 42 heavy (non-hydrogen) atoms. The van der Waals surface area contributed by atoms with Crippen LogP contribution in [0.25, 0.3) is 5.65 Å². The Morgan fingerprint density at radius 3 is 2.43 bits per heavy atom. The van der Waals surface area contributed by atoms with E-state index in [0.29, 0.717) is 28.2 Å². The Hall–Kier alpha value is -3.58. The molecule has 3 aliphatic rings. The Morgan fingerprint density at radius 1 is 1.05 bits per heavy atom. The lowest BCUT2D eigenvalue weighted by Crippen LogP contribution is -2.37. The number of nitrogens with zero attached hydrogens (tertiary/aromatic N) is 4. The van der Waals surface area contributed by atoms with Gasteiger partial charge in [0.2, 0.25) is 11.8 Å². The van der Waals surface area contributed by atoms with Crippen molar-refractivity contribution in [1.29, 1.82) is 0 Å². The number of aromatic nitrogens is 4. The van der Waals surface area contributed by atoms with E-state index >= 15 is 0 Å². The molecule has 0 bridgehead atoms. The number of hydrogen-bond acceptors (Lipinski definition) is 6. The number of hydrogen-bond donors (Lipinski definition) is 2. The van der Waals surface area contributed by atoms with Crippen LogP contribution in [0.3, 0.4) is 0 Å². The largest absolute Gasteiger partial charge is 0.389 e. The molecule has 1 unspecified atom stereocenters. The number of carbonyl (C=O) groups is 2. The minimum atomic E-state index is -4.42. The molecule has 3 aromatic heterocycles. The van der Waals surface area contributed by atoms with Crippen LogP contribution in [0.4, 0.5) is 22.0 Å². The van der Waals surface area contributed by atoms with Gasteiger partial charge >= 0.3 is 6.18 Å². The number of rotatable bonds is 10. The molecule has 2 atom stereocenters. The molecular weight excluding hydrogens is 563 g/mol. The average molecular weight is 595 g/mol. The molecule has 6 rings (SSSR count). The molecule has 3 aliphatic carbocycles. The van der Waals surface area contributed by atoms with E-state index in [1.807, 2.05) is 0 Å². The molecule has 14 heteroatoms. The van der Waals surface area contributed by atoms with Crippen molar-refractivity contribution in [2.45, 2.75) is 94.3 Å². The van der Waals surface area contributed by atoms with Gasteiger partial charge in [-0.05, 0) is 62.0 Å². The third-order valence-corrected chi connectivity index (χ3v) is 8.41. The summed E-state index contributed by atoms with van der Waals surface area (Å²) in [6.07, 6.45) is 1.46. The molecule has 0 saturated heterocycles. The van der Waals surface area contributed by atoms with Crippen molar-refractivity contribution < 1.29 is 36.1 Å². The molecule has 226 valence electrons. The standard InChI is InChI=1S/C28H31F5N6O3/c29-27(30)8-5-17(6-9-27)25(37-26(41)19-14-42-38-24(19)16-3-4-16)20-13-39-21(35-20)11-18(12-34-39)23(15-1-2-15)36-22(40)7-10-28(31,32)33/h11-17,23,25H,1-10H2,(H,36,40)(H,37,41)/t23?,25-/m0/s1. The van der Waals surface area contributed by atoms with Crippen molar-refractivity contribution in [2.24, 2.45) is 11.8 Å². The first-order chi connectivity index (χ1) is 20.0. The summed E-state index contributed by atoms with van der Waals surface area (Å²) in [6.45, 7) is 0. The Morgan fingerprint density at radius 2 is 1.76 bits per heavy atom. The van der Waals surface area contributed by atoms with E-state index in [-0.39, 0.29) is 43.4 Å². The molecule has 0 radical (unpaired) electrons. The highest BCUT2D eigenvalue weighted by Gasteiger charge is 2.41. The van der Waals surface area contributed by atoms with Crippen molar-refractivity contribution in [3.05, 3.63) is 47.2 Å². The Bertz CT molecular complexity index is 1450. The van der Waals surface area contributed by atoms with E-state index in [1.54, 1.807) is 18.5 Å². The fourth-order valence-corrected chi connectivity index (χ4v) is 5.75. The number of amides is 2. The first-order valence-electron chi connectivity index (χ1n) is 14.3. The molecule has 0 aromatic carbocycles. The lowest BCUT2D eigenvalue weighted by Gasteiger charge is -2.33. The molecular formula is C28H31F5N6O3. The second kappa shape index (κ2) is 10.9. The maximum Gasteiger partial charge on any atom is 0.389 e. The minimum Gasteiger partial charge on any atom is -0.364 e. The van der Waals surface area contributed by atoms with Crippen LogP contribution in [0.2, 0.25) is 0 Å². The summed E-state index contributed by atoms with van der Waals surface area (Å²) in [7, 11) is 0. The Balaban J connectivity index is 1.25. The number of fused-ring (bicyclic) bond motifs is 1. The van der Waals surface area contributed by atoms with Crippen molar-refractivity contribution in [3.8, 4) is 0 Å². The maximum atomic E-state index is 14.0. The molecule has 3 heterocycles. The van der Waals surface area contributed by atoms with Crippen LogP contribution in [0.5, 0.6) is 0 Å². The molecule has 0 spiro atoms. The summed E-state index contributed by atoms with van der Waals surface area (Å²) in [5.41, 5.74) is 2.37. The van der Waals surface area contributed by atoms with Gasteiger partial charge in [0.1, 0.15) is 11.8 Å². The summed E-state index contributed by atoms with van der Waals surface area (Å²) in [6, 6.07) is 0.527. The second-order valence-corrected chi connectivity index (χ2v) is 11.8. The molecule has 2 amide bonds. The first kappa shape index (κ1) is 28.5. The fourth-order valence-electron chi connectivity index (χ4n) is 5.75. The van der Waals surface area contributed by atoms with Crippen molar-refractivity contribution >= 4 is 17.5 Å². The zero-order valence-electron chi connectivity index (χ0n) is 22.7. The zero-order chi connectivity index (χ0) is 29.6. The topological polar surface area (TPSA) is 114 Å². The van der Waals surface area contributed by atoms with Gasteiger partial charge in [0.15, 0.2) is 5.65 Å². The number of halogens is 5.